The van der Waals surface area contributed by atoms with Crippen molar-refractivity contribution in [2.75, 3.05) is 0 Å². The first-order valence-electron chi connectivity index (χ1n) is 6.73. The fraction of sp³-hybridized carbons (Fsp3) is 0.0588. The number of carbonyl (C=O) groups is 1. The molecule has 1 aromatic heterocycles. The molecule has 2 aromatic carbocycles. The Morgan fingerprint density at radius 2 is 1.91 bits per heavy atom. The van der Waals surface area contributed by atoms with E-state index >= 15 is 0 Å². The highest BCUT2D eigenvalue weighted by molar-refractivity contribution is 6.30. The summed E-state index contributed by atoms with van der Waals surface area (Å²) in [4.78, 5) is 10.7. The van der Waals surface area contributed by atoms with Gasteiger partial charge in [0.05, 0.1) is 18.3 Å². The van der Waals surface area contributed by atoms with Gasteiger partial charge >= 0.3 is 5.97 Å². The second kappa shape index (κ2) is 6.03. The molecule has 110 valence electrons. The van der Waals surface area contributed by atoms with Crippen molar-refractivity contribution >= 4 is 17.6 Å². The van der Waals surface area contributed by atoms with Crippen molar-refractivity contribution in [1.82, 2.24) is 9.78 Å². The lowest BCUT2D eigenvalue weighted by Gasteiger charge is -2.05. The van der Waals surface area contributed by atoms with Crippen LogP contribution in [0.5, 0.6) is 0 Å². The van der Waals surface area contributed by atoms with E-state index in [1.807, 2.05) is 48.5 Å². The van der Waals surface area contributed by atoms with Gasteiger partial charge in [0.15, 0.2) is 0 Å². The van der Waals surface area contributed by atoms with E-state index in [1.54, 1.807) is 17.1 Å². The van der Waals surface area contributed by atoms with Gasteiger partial charge in [0.2, 0.25) is 0 Å². The Morgan fingerprint density at radius 3 is 2.59 bits per heavy atom. The van der Waals surface area contributed by atoms with Gasteiger partial charge in [0.25, 0.3) is 0 Å². The number of halogens is 1. The van der Waals surface area contributed by atoms with Crippen LogP contribution < -0.4 is 0 Å². The van der Waals surface area contributed by atoms with Crippen LogP contribution in [0.4, 0.5) is 0 Å². The maximum absolute atomic E-state index is 10.7. The monoisotopic (exact) mass is 312 g/mol. The molecule has 0 aliphatic heterocycles. The van der Waals surface area contributed by atoms with E-state index in [0.29, 0.717) is 10.6 Å². The van der Waals surface area contributed by atoms with Gasteiger partial charge in [-0.3, -0.25) is 4.79 Å². The zero-order chi connectivity index (χ0) is 15.5. The number of rotatable bonds is 4. The Balaban J connectivity index is 1.85. The van der Waals surface area contributed by atoms with E-state index in [0.717, 1.165) is 16.8 Å². The number of aromatic nitrogens is 2. The van der Waals surface area contributed by atoms with Crippen LogP contribution in [0.25, 0.3) is 16.8 Å². The second-order valence-corrected chi connectivity index (χ2v) is 5.36. The number of hydrogen-bond acceptors (Lipinski definition) is 2. The van der Waals surface area contributed by atoms with Crippen molar-refractivity contribution in [3.63, 3.8) is 0 Å². The third kappa shape index (κ3) is 3.18. The minimum Gasteiger partial charge on any atom is -0.481 e. The Labute approximate surface area is 132 Å². The molecule has 1 N–H and O–H groups in total. The molecule has 0 unspecified atom stereocenters. The van der Waals surface area contributed by atoms with Gasteiger partial charge in [-0.2, -0.15) is 5.10 Å². The number of carboxylic acid groups (broad SMARTS) is 1. The van der Waals surface area contributed by atoms with E-state index in [1.165, 1.54) is 0 Å². The summed E-state index contributed by atoms with van der Waals surface area (Å²) in [7, 11) is 0. The van der Waals surface area contributed by atoms with Crippen LogP contribution in [0.1, 0.15) is 5.56 Å². The number of aliphatic carboxylic acids is 1. The number of hydrogen-bond donors (Lipinski definition) is 1. The van der Waals surface area contributed by atoms with Gasteiger partial charge in [-0.1, -0.05) is 35.9 Å². The van der Waals surface area contributed by atoms with Crippen molar-refractivity contribution in [2.45, 2.75) is 6.42 Å². The standard InChI is InChI=1S/C17H13ClN2O2/c18-15-3-1-2-14(9-15)13-4-6-16(7-5-13)20-11-12(10-19-20)8-17(21)22/h1-7,9-11H,8H2,(H,21,22). The fourth-order valence-corrected chi connectivity index (χ4v) is 2.43. The Morgan fingerprint density at radius 1 is 1.14 bits per heavy atom. The largest absolute Gasteiger partial charge is 0.481 e. The Hall–Kier alpha value is -2.59. The number of benzene rings is 2. The molecule has 0 spiro atoms. The van der Waals surface area contributed by atoms with Crippen molar-refractivity contribution in [2.24, 2.45) is 0 Å². The van der Waals surface area contributed by atoms with Gasteiger partial charge in [0.1, 0.15) is 0 Å². The molecule has 5 heteroatoms. The third-order valence-corrected chi connectivity index (χ3v) is 3.52. The molecule has 0 saturated carbocycles. The highest BCUT2D eigenvalue weighted by Gasteiger charge is 2.05. The SMILES string of the molecule is O=C(O)Cc1cnn(-c2ccc(-c3cccc(Cl)c3)cc2)c1. The van der Waals surface area contributed by atoms with Gasteiger partial charge in [-0.25, -0.2) is 4.68 Å². The Kier molecular flexibility index (Phi) is 3.94. The molecule has 1 heterocycles. The van der Waals surface area contributed by atoms with E-state index in [4.69, 9.17) is 16.7 Å². The van der Waals surface area contributed by atoms with Crippen LogP contribution in [-0.4, -0.2) is 20.9 Å². The van der Waals surface area contributed by atoms with E-state index in [9.17, 15) is 4.79 Å². The lowest BCUT2D eigenvalue weighted by atomic mass is 10.1. The van der Waals surface area contributed by atoms with Crippen LogP contribution in [0.15, 0.2) is 60.9 Å². The van der Waals surface area contributed by atoms with Crippen molar-refractivity contribution in [3.05, 3.63) is 71.5 Å². The van der Waals surface area contributed by atoms with Crippen LogP contribution in [0.2, 0.25) is 5.02 Å². The molecule has 0 amide bonds. The highest BCUT2D eigenvalue weighted by atomic mass is 35.5. The summed E-state index contributed by atoms with van der Waals surface area (Å²) in [6, 6.07) is 15.5. The van der Waals surface area contributed by atoms with Gasteiger partial charge in [-0.05, 0) is 35.4 Å². The summed E-state index contributed by atoms with van der Waals surface area (Å²) in [6.45, 7) is 0. The summed E-state index contributed by atoms with van der Waals surface area (Å²) >= 11 is 6.00. The number of nitrogens with zero attached hydrogens (tertiary/aromatic N) is 2. The van der Waals surface area contributed by atoms with Crippen LogP contribution in [0, 0.1) is 0 Å². The zero-order valence-corrected chi connectivity index (χ0v) is 12.4. The molecule has 0 aliphatic rings. The summed E-state index contributed by atoms with van der Waals surface area (Å²) in [5.41, 5.74) is 3.66. The van der Waals surface area contributed by atoms with E-state index in [2.05, 4.69) is 5.10 Å². The molecule has 0 saturated heterocycles. The molecule has 3 rings (SSSR count). The fourth-order valence-electron chi connectivity index (χ4n) is 2.24. The number of carboxylic acids is 1. The molecule has 0 fully saturated rings. The smallest absolute Gasteiger partial charge is 0.307 e. The van der Waals surface area contributed by atoms with Gasteiger partial charge in [-0.15, -0.1) is 0 Å². The molecule has 4 nitrogen and oxygen atoms in total. The molecule has 0 radical (unpaired) electrons. The minimum atomic E-state index is -0.865. The predicted octanol–water partition coefficient (Wildman–Crippen LogP) is 3.82. The predicted molar refractivity (Wildman–Crippen MR) is 85.3 cm³/mol. The first-order chi connectivity index (χ1) is 10.6. The maximum atomic E-state index is 10.7. The molecule has 22 heavy (non-hydrogen) atoms. The molecule has 3 aromatic rings. The van der Waals surface area contributed by atoms with Crippen molar-refractivity contribution < 1.29 is 9.90 Å². The zero-order valence-electron chi connectivity index (χ0n) is 11.6. The molecule has 0 bridgehead atoms. The normalized spacial score (nSPS) is 10.6. The average molecular weight is 313 g/mol. The molecular weight excluding hydrogens is 300 g/mol. The maximum Gasteiger partial charge on any atom is 0.307 e. The summed E-state index contributed by atoms with van der Waals surface area (Å²) in [6.07, 6.45) is 3.27. The first-order valence-corrected chi connectivity index (χ1v) is 7.11. The molecule has 0 aliphatic carbocycles. The quantitative estimate of drug-likeness (QED) is 0.796. The Bertz CT molecular complexity index is 810. The van der Waals surface area contributed by atoms with Crippen LogP contribution >= 0.6 is 11.6 Å². The lowest BCUT2D eigenvalue weighted by Crippen LogP contribution is -1.98. The van der Waals surface area contributed by atoms with E-state index < -0.39 is 5.97 Å². The first kappa shape index (κ1) is 14.4. The third-order valence-electron chi connectivity index (χ3n) is 3.28. The average Bonchev–Trinajstić information content (AvgIpc) is 2.95. The lowest BCUT2D eigenvalue weighted by molar-refractivity contribution is -0.136. The highest BCUT2D eigenvalue weighted by Crippen LogP contribution is 2.23. The molecular formula is C17H13ClN2O2. The summed E-state index contributed by atoms with van der Waals surface area (Å²) in [5.74, 6) is -0.865. The summed E-state index contributed by atoms with van der Waals surface area (Å²) in [5, 5.41) is 13.7. The van der Waals surface area contributed by atoms with Crippen molar-refractivity contribution in [1.29, 1.82) is 0 Å². The topological polar surface area (TPSA) is 55.1 Å². The molecule has 0 atom stereocenters. The van der Waals surface area contributed by atoms with Crippen molar-refractivity contribution in [3.8, 4) is 16.8 Å². The summed E-state index contributed by atoms with van der Waals surface area (Å²) < 4.78 is 1.67. The van der Waals surface area contributed by atoms with Crippen LogP contribution in [0.3, 0.4) is 0 Å². The van der Waals surface area contributed by atoms with Gasteiger partial charge < -0.3 is 5.11 Å². The second-order valence-electron chi connectivity index (χ2n) is 4.92. The van der Waals surface area contributed by atoms with Gasteiger partial charge in [0, 0.05) is 16.8 Å². The van der Waals surface area contributed by atoms with Crippen LogP contribution in [-0.2, 0) is 11.2 Å². The minimum absolute atomic E-state index is 0.0272. The van der Waals surface area contributed by atoms with E-state index in [-0.39, 0.29) is 6.42 Å².